The molecule has 2 atom stereocenters. The Kier molecular flexibility index (Phi) is 2.89. The maximum Gasteiger partial charge on any atom is 0.407 e. The number of piperidine rings is 1. The van der Waals surface area contributed by atoms with Gasteiger partial charge in [-0.2, -0.15) is 13.2 Å². The van der Waals surface area contributed by atoms with Crippen molar-refractivity contribution in [3.8, 4) is 0 Å². The molecule has 1 aliphatic rings. The summed E-state index contributed by atoms with van der Waals surface area (Å²) in [5, 5.41) is 8.53. The second kappa shape index (κ2) is 3.64. The maximum absolute atomic E-state index is 12.3. The zero-order valence-corrected chi connectivity index (χ0v) is 7.29. The molecule has 0 aliphatic carbocycles. The summed E-state index contributed by atoms with van der Waals surface area (Å²) in [7, 11) is 0. The second-order valence-electron chi connectivity index (χ2n) is 3.33. The van der Waals surface area contributed by atoms with Crippen molar-refractivity contribution in [2.24, 2.45) is 11.7 Å². The van der Waals surface area contributed by atoms with Gasteiger partial charge in [0.15, 0.2) is 0 Å². The fraction of sp³-hybridized carbons (Fsp3) is 0.857. The van der Waals surface area contributed by atoms with Gasteiger partial charge < -0.3 is 15.7 Å². The molecule has 82 valence electrons. The van der Waals surface area contributed by atoms with Gasteiger partial charge >= 0.3 is 12.3 Å². The van der Waals surface area contributed by atoms with Crippen molar-refractivity contribution < 1.29 is 23.1 Å². The van der Waals surface area contributed by atoms with Crippen molar-refractivity contribution in [1.29, 1.82) is 0 Å². The second-order valence-corrected chi connectivity index (χ2v) is 3.33. The normalized spacial score (nSPS) is 29.0. The third-order valence-corrected chi connectivity index (χ3v) is 2.35. The molecule has 14 heavy (non-hydrogen) atoms. The molecule has 0 radical (unpaired) electrons. The van der Waals surface area contributed by atoms with Gasteiger partial charge in [-0.15, -0.1) is 0 Å². The van der Waals surface area contributed by atoms with Crippen LogP contribution in [0.3, 0.4) is 0 Å². The number of hydrogen-bond acceptors (Lipinski definition) is 2. The molecule has 0 bridgehead atoms. The zero-order chi connectivity index (χ0) is 10.9. The number of carbonyl (C=O) groups is 1. The van der Waals surface area contributed by atoms with E-state index in [0.717, 1.165) is 4.90 Å². The van der Waals surface area contributed by atoms with E-state index >= 15 is 0 Å². The molecule has 1 heterocycles. The predicted octanol–water partition coefficient (Wildman–Crippen LogP) is 0.876. The summed E-state index contributed by atoms with van der Waals surface area (Å²) in [6.07, 6.45) is -5.80. The van der Waals surface area contributed by atoms with Crippen LogP contribution in [0.25, 0.3) is 0 Å². The smallest absolute Gasteiger partial charge is 0.407 e. The number of carboxylic acid groups (broad SMARTS) is 1. The Labute approximate surface area is 78.5 Å². The lowest BCUT2D eigenvalue weighted by Crippen LogP contribution is -2.54. The van der Waals surface area contributed by atoms with E-state index in [-0.39, 0.29) is 19.5 Å². The average molecular weight is 212 g/mol. The fourth-order valence-electron chi connectivity index (χ4n) is 1.56. The highest BCUT2D eigenvalue weighted by Gasteiger charge is 2.46. The molecular weight excluding hydrogens is 201 g/mol. The minimum atomic E-state index is -4.33. The van der Waals surface area contributed by atoms with Gasteiger partial charge in [-0.3, -0.25) is 0 Å². The van der Waals surface area contributed by atoms with E-state index in [1.807, 2.05) is 0 Å². The van der Waals surface area contributed by atoms with Gasteiger partial charge in [0.25, 0.3) is 0 Å². The lowest BCUT2D eigenvalue weighted by molar-refractivity contribution is -0.188. The summed E-state index contributed by atoms with van der Waals surface area (Å²) >= 11 is 0. The van der Waals surface area contributed by atoms with E-state index < -0.39 is 24.2 Å². The Balaban J connectivity index is 2.61. The van der Waals surface area contributed by atoms with E-state index in [1.165, 1.54) is 0 Å². The zero-order valence-electron chi connectivity index (χ0n) is 7.29. The molecule has 0 saturated carbocycles. The minimum absolute atomic E-state index is 0.104. The SMILES string of the molecule is NC1CN(C(=O)O)CCC1C(F)(F)F. The number of nitrogens with two attached hydrogens (primary N) is 1. The van der Waals surface area contributed by atoms with Crippen molar-refractivity contribution in [2.45, 2.75) is 18.6 Å². The first-order valence-electron chi connectivity index (χ1n) is 4.12. The van der Waals surface area contributed by atoms with E-state index in [9.17, 15) is 18.0 Å². The van der Waals surface area contributed by atoms with Crippen LogP contribution in [0.4, 0.5) is 18.0 Å². The molecule has 0 spiro atoms. The molecular formula is C7H11F3N2O2. The molecule has 0 aromatic carbocycles. The molecule has 1 saturated heterocycles. The van der Waals surface area contributed by atoms with Gasteiger partial charge in [-0.1, -0.05) is 0 Å². The van der Waals surface area contributed by atoms with Crippen LogP contribution < -0.4 is 5.73 Å². The van der Waals surface area contributed by atoms with Crippen LogP contribution in [-0.4, -0.2) is 41.4 Å². The van der Waals surface area contributed by atoms with Gasteiger partial charge in [0.05, 0.1) is 5.92 Å². The van der Waals surface area contributed by atoms with Crippen LogP contribution in [0.1, 0.15) is 6.42 Å². The van der Waals surface area contributed by atoms with E-state index in [4.69, 9.17) is 10.8 Å². The quantitative estimate of drug-likeness (QED) is 0.626. The van der Waals surface area contributed by atoms with Crippen molar-refractivity contribution in [1.82, 2.24) is 4.90 Å². The number of halogens is 3. The van der Waals surface area contributed by atoms with Crippen LogP contribution in [0, 0.1) is 5.92 Å². The average Bonchev–Trinajstić information content (AvgIpc) is 2.01. The highest BCUT2D eigenvalue weighted by atomic mass is 19.4. The van der Waals surface area contributed by atoms with Gasteiger partial charge in [0.1, 0.15) is 0 Å². The number of alkyl halides is 3. The van der Waals surface area contributed by atoms with Gasteiger partial charge in [-0.25, -0.2) is 4.79 Å². The molecule has 1 fully saturated rings. The van der Waals surface area contributed by atoms with Crippen molar-refractivity contribution in [3.63, 3.8) is 0 Å². The molecule has 4 nitrogen and oxygen atoms in total. The molecule has 3 N–H and O–H groups in total. The van der Waals surface area contributed by atoms with E-state index in [2.05, 4.69) is 0 Å². The number of likely N-dealkylation sites (tertiary alicyclic amines) is 1. The summed E-state index contributed by atoms with van der Waals surface area (Å²) in [5.41, 5.74) is 5.27. The first kappa shape index (κ1) is 11.1. The third kappa shape index (κ3) is 2.28. The molecule has 0 aromatic heterocycles. The molecule has 2 unspecified atom stereocenters. The fourth-order valence-corrected chi connectivity index (χ4v) is 1.56. The Hall–Kier alpha value is -0.980. The molecule has 1 aliphatic heterocycles. The topological polar surface area (TPSA) is 66.6 Å². The largest absolute Gasteiger partial charge is 0.465 e. The lowest BCUT2D eigenvalue weighted by Gasteiger charge is -2.35. The van der Waals surface area contributed by atoms with Crippen LogP contribution in [0.2, 0.25) is 0 Å². The number of hydrogen-bond donors (Lipinski definition) is 2. The van der Waals surface area contributed by atoms with Gasteiger partial charge in [-0.05, 0) is 6.42 Å². The first-order valence-corrected chi connectivity index (χ1v) is 4.12. The van der Waals surface area contributed by atoms with Crippen LogP contribution in [0.5, 0.6) is 0 Å². The Bertz CT molecular complexity index is 231. The van der Waals surface area contributed by atoms with Crippen LogP contribution in [0.15, 0.2) is 0 Å². The highest BCUT2D eigenvalue weighted by Crippen LogP contribution is 2.33. The van der Waals surface area contributed by atoms with Crippen LogP contribution >= 0.6 is 0 Å². The monoisotopic (exact) mass is 212 g/mol. The molecule has 1 amide bonds. The molecule has 0 aromatic rings. The predicted molar refractivity (Wildman–Crippen MR) is 41.7 cm³/mol. The van der Waals surface area contributed by atoms with Gasteiger partial charge in [0, 0.05) is 19.1 Å². The molecule has 1 rings (SSSR count). The summed E-state index contributed by atoms with van der Waals surface area (Å²) in [4.78, 5) is 11.4. The Morgan fingerprint density at radius 2 is 2.07 bits per heavy atom. The van der Waals surface area contributed by atoms with E-state index in [1.54, 1.807) is 0 Å². The Morgan fingerprint density at radius 1 is 1.50 bits per heavy atom. The first-order chi connectivity index (χ1) is 6.32. The number of rotatable bonds is 0. The lowest BCUT2D eigenvalue weighted by atomic mass is 9.92. The third-order valence-electron chi connectivity index (χ3n) is 2.35. The summed E-state index contributed by atoms with van der Waals surface area (Å²) in [6.45, 7) is -0.354. The van der Waals surface area contributed by atoms with Crippen molar-refractivity contribution >= 4 is 6.09 Å². The van der Waals surface area contributed by atoms with Crippen LogP contribution in [-0.2, 0) is 0 Å². The number of nitrogens with zero attached hydrogens (tertiary/aromatic N) is 1. The van der Waals surface area contributed by atoms with Gasteiger partial charge in [0.2, 0.25) is 0 Å². The summed E-state index contributed by atoms with van der Waals surface area (Å²) in [5.74, 6) is -1.59. The van der Waals surface area contributed by atoms with Crippen molar-refractivity contribution in [2.75, 3.05) is 13.1 Å². The Morgan fingerprint density at radius 3 is 2.43 bits per heavy atom. The minimum Gasteiger partial charge on any atom is -0.465 e. The summed E-state index contributed by atoms with van der Waals surface area (Å²) < 4.78 is 36.8. The van der Waals surface area contributed by atoms with Crippen molar-refractivity contribution in [3.05, 3.63) is 0 Å². The van der Waals surface area contributed by atoms with E-state index in [0.29, 0.717) is 0 Å². The standard InChI is InChI=1S/C7H11F3N2O2/c8-7(9,10)4-1-2-12(6(13)14)3-5(4)11/h4-5H,1-3,11H2,(H,13,14). The number of amides is 1. The maximum atomic E-state index is 12.3. The molecule has 7 heteroatoms. The summed E-state index contributed by atoms with van der Waals surface area (Å²) in [6, 6.07) is -1.15. The highest BCUT2D eigenvalue weighted by molar-refractivity contribution is 5.65.